The molecule has 0 amide bonds. The van der Waals surface area contributed by atoms with Crippen LogP contribution in [-0.4, -0.2) is 21.8 Å². The van der Waals surface area contributed by atoms with Crippen molar-refractivity contribution in [3.05, 3.63) is 29.8 Å². The molecular weight excluding hydrogens is 220 g/mol. The molecule has 0 spiro atoms. The zero-order chi connectivity index (χ0) is 11.3. The van der Waals surface area contributed by atoms with Gasteiger partial charge in [-0.05, 0) is 17.7 Å². The van der Waals surface area contributed by atoms with Crippen molar-refractivity contribution in [3.63, 3.8) is 0 Å². The summed E-state index contributed by atoms with van der Waals surface area (Å²) in [5.41, 5.74) is 0.728. The number of methoxy groups -OCH3 is 1. The van der Waals surface area contributed by atoms with Crippen molar-refractivity contribution in [1.82, 2.24) is 0 Å². The van der Waals surface area contributed by atoms with Crippen molar-refractivity contribution >= 4 is 17.3 Å². The van der Waals surface area contributed by atoms with E-state index < -0.39 is 11.4 Å². The van der Waals surface area contributed by atoms with E-state index in [9.17, 15) is 13.6 Å². The van der Waals surface area contributed by atoms with E-state index in [0.717, 1.165) is 5.56 Å². The molecule has 0 saturated heterocycles. The largest absolute Gasteiger partial charge is 0.740 e. The fraction of sp³-hybridized carbons (Fsp3) is 0.222. The molecule has 0 fully saturated rings. The monoisotopic (exact) mass is 229 g/mol. The number of hydrogen-bond donors (Lipinski definition) is 0. The summed E-state index contributed by atoms with van der Waals surface area (Å²) in [5, 5.41) is 0. The van der Waals surface area contributed by atoms with E-state index in [1.807, 2.05) is 0 Å². The highest BCUT2D eigenvalue weighted by Crippen LogP contribution is 2.13. The van der Waals surface area contributed by atoms with Crippen LogP contribution in [0.25, 0.3) is 0 Å². The Morgan fingerprint density at radius 3 is 2.47 bits per heavy atom. The van der Waals surface area contributed by atoms with E-state index in [1.165, 1.54) is 19.2 Å². The number of ether oxygens (including phenoxy) is 1. The van der Waals surface area contributed by atoms with Crippen LogP contribution in [0.3, 0.4) is 0 Å². The number of esters is 1. The lowest BCUT2D eigenvalue weighted by Gasteiger charge is -2.07. The molecule has 1 aromatic carbocycles. The third-order valence-electron chi connectivity index (χ3n) is 1.66. The quantitative estimate of drug-likeness (QED) is 0.557. The Morgan fingerprint density at radius 2 is 2.00 bits per heavy atom. The number of carbonyl (C=O) groups excluding carboxylic acids is 1. The fourth-order valence-electron chi connectivity index (χ4n) is 0.980. The topological polar surface area (TPSA) is 75.7 Å². The maximum absolute atomic E-state index is 10.9. The van der Waals surface area contributed by atoms with Crippen LogP contribution in [0, 0.1) is 0 Å². The molecule has 82 valence electrons. The Kier molecular flexibility index (Phi) is 4.26. The second-order valence-electron chi connectivity index (χ2n) is 2.68. The average molecular weight is 229 g/mol. The Hall–Kier alpha value is -1.40. The molecular formula is C9H9O5S-. The zero-order valence-corrected chi connectivity index (χ0v) is 8.78. The molecule has 0 saturated carbocycles. The minimum absolute atomic E-state index is 0.150. The predicted octanol–water partition coefficient (Wildman–Crippen LogP) is 0.575. The molecule has 1 aromatic rings. The van der Waals surface area contributed by atoms with Gasteiger partial charge in [-0.3, -0.25) is 4.79 Å². The Morgan fingerprint density at radius 1 is 1.40 bits per heavy atom. The lowest BCUT2D eigenvalue weighted by molar-refractivity contribution is -0.139. The second kappa shape index (κ2) is 5.47. The zero-order valence-electron chi connectivity index (χ0n) is 7.97. The van der Waals surface area contributed by atoms with E-state index in [2.05, 4.69) is 8.92 Å². The Bertz CT molecular complexity index is 359. The van der Waals surface area contributed by atoms with Gasteiger partial charge >= 0.3 is 5.97 Å². The summed E-state index contributed by atoms with van der Waals surface area (Å²) in [7, 11) is 1.31. The SMILES string of the molecule is COC(=O)Cc1ccc(OS(=O)[O-])cc1. The molecule has 5 nitrogen and oxygen atoms in total. The van der Waals surface area contributed by atoms with Crippen molar-refractivity contribution in [3.8, 4) is 5.75 Å². The first-order chi connectivity index (χ1) is 7.11. The van der Waals surface area contributed by atoms with Gasteiger partial charge in [-0.1, -0.05) is 12.1 Å². The Balaban J connectivity index is 2.64. The fourth-order valence-corrected chi connectivity index (χ4v) is 1.25. The van der Waals surface area contributed by atoms with E-state index in [-0.39, 0.29) is 18.1 Å². The van der Waals surface area contributed by atoms with Crippen molar-refractivity contribution in [2.24, 2.45) is 0 Å². The lowest BCUT2D eigenvalue weighted by atomic mass is 10.1. The predicted molar refractivity (Wildman–Crippen MR) is 51.7 cm³/mol. The molecule has 1 rings (SSSR count). The molecule has 0 aliphatic carbocycles. The van der Waals surface area contributed by atoms with Gasteiger partial charge in [-0.2, -0.15) is 0 Å². The lowest BCUT2D eigenvalue weighted by Crippen LogP contribution is -2.04. The first-order valence-electron chi connectivity index (χ1n) is 4.05. The van der Waals surface area contributed by atoms with Gasteiger partial charge in [-0.15, -0.1) is 0 Å². The van der Waals surface area contributed by atoms with Gasteiger partial charge in [0, 0.05) is 0 Å². The maximum Gasteiger partial charge on any atom is 0.309 e. The number of benzene rings is 1. The summed E-state index contributed by atoms with van der Waals surface area (Å²) in [6.07, 6.45) is 0.150. The van der Waals surface area contributed by atoms with E-state index in [0.29, 0.717) is 0 Å². The molecule has 1 atom stereocenters. The molecule has 0 bridgehead atoms. The summed E-state index contributed by atoms with van der Waals surface area (Å²) in [4.78, 5) is 10.9. The molecule has 0 aromatic heterocycles. The highest BCUT2D eigenvalue weighted by Gasteiger charge is 2.02. The van der Waals surface area contributed by atoms with Crippen molar-refractivity contribution < 1.29 is 22.5 Å². The van der Waals surface area contributed by atoms with Crippen molar-refractivity contribution in [2.45, 2.75) is 6.42 Å². The second-order valence-corrected chi connectivity index (χ2v) is 3.26. The highest BCUT2D eigenvalue weighted by molar-refractivity contribution is 7.74. The normalized spacial score (nSPS) is 11.9. The van der Waals surface area contributed by atoms with Crippen LogP contribution < -0.4 is 4.18 Å². The number of hydrogen-bond acceptors (Lipinski definition) is 5. The standard InChI is InChI=1S/C9H10O5S/c1-13-9(10)6-7-2-4-8(5-3-7)14-15(11)12/h2-5H,6H2,1H3,(H,11,12)/p-1. The van der Waals surface area contributed by atoms with Crippen LogP contribution in [0.1, 0.15) is 5.56 Å². The van der Waals surface area contributed by atoms with Crippen molar-refractivity contribution in [2.75, 3.05) is 7.11 Å². The van der Waals surface area contributed by atoms with Gasteiger partial charge in [0.1, 0.15) is 17.1 Å². The first kappa shape index (κ1) is 11.7. The summed E-state index contributed by atoms with van der Waals surface area (Å²) < 4.78 is 29.2. The van der Waals surface area contributed by atoms with Gasteiger partial charge in [0.2, 0.25) is 0 Å². The summed E-state index contributed by atoms with van der Waals surface area (Å²) in [6.45, 7) is 0. The van der Waals surface area contributed by atoms with Crippen LogP contribution in [-0.2, 0) is 27.3 Å². The molecule has 0 N–H and O–H groups in total. The molecule has 0 aliphatic rings. The van der Waals surface area contributed by atoms with E-state index in [4.69, 9.17) is 0 Å². The van der Waals surface area contributed by atoms with Crippen LogP contribution >= 0.6 is 0 Å². The van der Waals surface area contributed by atoms with Crippen LogP contribution in [0.5, 0.6) is 5.75 Å². The maximum atomic E-state index is 10.9. The van der Waals surface area contributed by atoms with Gasteiger partial charge in [-0.25, -0.2) is 4.21 Å². The molecule has 6 heteroatoms. The third kappa shape index (κ3) is 4.09. The van der Waals surface area contributed by atoms with E-state index in [1.54, 1.807) is 12.1 Å². The van der Waals surface area contributed by atoms with Gasteiger partial charge in [0.25, 0.3) is 0 Å². The molecule has 0 heterocycles. The van der Waals surface area contributed by atoms with Gasteiger partial charge in [0.05, 0.1) is 13.5 Å². The summed E-state index contributed by atoms with van der Waals surface area (Å²) >= 11 is -2.58. The number of rotatable bonds is 4. The summed E-state index contributed by atoms with van der Waals surface area (Å²) in [5.74, 6) is -0.145. The molecule has 15 heavy (non-hydrogen) atoms. The molecule has 1 unspecified atom stereocenters. The first-order valence-corrected chi connectivity index (χ1v) is 5.05. The van der Waals surface area contributed by atoms with Gasteiger partial charge in [0.15, 0.2) is 0 Å². The number of carbonyl (C=O) groups is 1. The van der Waals surface area contributed by atoms with Crippen molar-refractivity contribution in [1.29, 1.82) is 0 Å². The highest BCUT2D eigenvalue weighted by atomic mass is 32.2. The smallest absolute Gasteiger partial charge is 0.309 e. The minimum atomic E-state index is -2.58. The summed E-state index contributed by atoms with van der Waals surface area (Å²) in [6, 6.07) is 6.13. The minimum Gasteiger partial charge on any atom is -0.740 e. The Labute approximate surface area is 89.5 Å². The third-order valence-corrected chi connectivity index (χ3v) is 1.99. The molecule has 0 radical (unpaired) electrons. The van der Waals surface area contributed by atoms with Crippen LogP contribution in [0.2, 0.25) is 0 Å². The molecule has 0 aliphatic heterocycles. The average Bonchev–Trinajstić information content (AvgIpc) is 2.20. The van der Waals surface area contributed by atoms with Gasteiger partial charge < -0.3 is 13.5 Å². The van der Waals surface area contributed by atoms with Crippen LogP contribution in [0.15, 0.2) is 24.3 Å². The van der Waals surface area contributed by atoms with Crippen LogP contribution in [0.4, 0.5) is 0 Å². The van der Waals surface area contributed by atoms with E-state index >= 15 is 0 Å².